The molecule has 2 atom stereocenters. The van der Waals surface area contributed by atoms with Crippen LogP contribution >= 0.6 is 0 Å². The molecule has 124 valence electrons. The fraction of sp³-hybridized carbons (Fsp3) is 0.421. The van der Waals surface area contributed by atoms with Crippen molar-refractivity contribution < 1.29 is 9.59 Å². The summed E-state index contributed by atoms with van der Waals surface area (Å²) < 4.78 is 0. The molecule has 1 aliphatic carbocycles. The second-order valence-electron chi connectivity index (χ2n) is 6.74. The van der Waals surface area contributed by atoms with Crippen LogP contribution in [0.5, 0.6) is 0 Å². The molecule has 1 aliphatic heterocycles. The summed E-state index contributed by atoms with van der Waals surface area (Å²) in [4.78, 5) is 26.9. The lowest BCUT2D eigenvalue weighted by atomic mass is 9.94. The van der Waals surface area contributed by atoms with Gasteiger partial charge in [0.05, 0.1) is 6.20 Å². The van der Waals surface area contributed by atoms with Gasteiger partial charge in [-0.1, -0.05) is 12.1 Å². The van der Waals surface area contributed by atoms with Gasteiger partial charge in [0.25, 0.3) is 5.91 Å². The number of likely N-dealkylation sites (tertiary alicyclic amines) is 1. The van der Waals surface area contributed by atoms with Gasteiger partial charge in [-0.25, -0.2) is 0 Å². The van der Waals surface area contributed by atoms with Crippen molar-refractivity contribution in [3.05, 3.63) is 42.2 Å². The van der Waals surface area contributed by atoms with Gasteiger partial charge in [0, 0.05) is 42.2 Å². The van der Waals surface area contributed by atoms with Crippen LogP contribution in [0, 0.1) is 5.92 Å². The van der Waals surface area contributed by atoms with E-state index in [1.54, 1.807) is 6.20 Å². The van der Waals surface area contributed by atoms with Crippen LogP contribution in [-0.2, 0) is 4.79 Å². The van der Waals surface area contributed by atoms with Gasteiger partial charge in [-0.05, 0) is 43.4 Å². The molecular weight excluding hydrogens is 302 g/mol. The zero-order valence-electron chi connectivity index (χ0n) is 13.6. The molecule has 2 heterocycles. The molecule has 2 fully saturated rings. The summed E-state index contributed by atoms with van der Waals surface area (Å²) in [7, 11) is 0. The van der Waals surface area contributed by atoms with Crippen LogP contribution < -0.4 is 0 Å². The third-order valence-electron chi connectivity index (χ3n) is 5.34. The minimum Gasteiger partial charge on any atom is -0.335 e. The average molecular weight is 323 g/mol. The first-order chi connectivity index (χ1) is 11.7. The third kappa shape index (κ3) is 2.64. The Hall–Kier alpha value is -2.43. The number of H-pyrrole nitrogens is 1. The highest BCUT2D eigenvalue weighted by atomic mass is 16.2. The molecular formula is C19H21N3O2. The molecule has 1 amide bonds. The quantitative estimate of drug-likeness (QED) is 0.944. The number of amides is 1. The monoisotopic (exact) mass is 323 g/mol. The highest BCUT2D eigenvalue weighted by Crippen LogP contribution is 2.34. The van der Waals surface area contributed by atoms with E-state index in [1.165, 1.54) is 0 Å². The van der Waals surface area contributed by atoms with Crippen LogP contribution in [0.1, 0.15) is 42.5 Å². The molecule has 0 radical (unpaired) electrons. The molecule has 0 bridgehead atoms. The van der Waals surface area contributed by atoms with Gasteiger partial charge >= 0.3 is 0 Å². The second-order valence-corrected chi connectivity index (χ2v) is 6.74. The lowest BCUT2D eigenvalue weighted by molar-refractivity contribution is -0.121. The van der Waals surface area contributed by atoms with Crippen LogP contribution in [0.4, 0.5) is 0 Å². The summed E-state index contributed by atoms with van der Waals surface area (Å²) in [5.74, 6) is 0.451. The number of benzene rings is 1. The maximum absolute atomic E-state index is 12.9. The molecule has 5 nitrogen and oxygen atoms in total. The highest BCUT2D eigenvalue weighted by Gasteiger charge is 2.40. The standard InChI is InChI=1S/C19H21N3O2/c23-18-5-1-3-16(18)17-4-2-10-22(17)19(24)14-8-6-13(7-9-14)15-11-20-21-12-15/h6-9,11-12,16-17H,1-5,10H2,(H,20,21). The molecule has 2 aromatic rings. The minimum atomic E-state index is 0.0518. The number of aromatic nitrogens is 2. The predicted molar refractivity (Wildman–Crippen MR) is 90.4 cm³/mol. The molecule has 1 N–H and O–H groups in total. The van der Waals surface area contributed by atoms with E-state index in [4.69, 9.17) is 0 Å². The number of hydrogen-bond donors (Lipinski definition) is 1. The number of aromatic amines is 1. The van der Waals surface area contributed by atoms with Crippen molar-refractivity contribution in [2.24, 2.45) is 5.92 Å². The number of carbonyl (C=O) groups is 2. The Bertz CT molecular complexity index is 736. The Kier molecular flexibility index (Phi) is 3.92. The molecule has 1 saturated carbocycles. The third-order valence-corrected chi connectivity index (χ3v) is 5.34. The van der Waals surface area contributed by atoms with Gasteiger partial charge in [0.15, 0.2) is 0 Å². The highest BCUT2D eigenvalue weighted by molar-refractivity contribution is 5.95. The summed E-state index contributed by atoms with van der Waals surface area (Å²) in [6, 6.07) is 7.74. The van der Waals surface area contributed by atoms with Gasteiger partial charge in [-0.3, -0.25) is 14.7 Å². The van der Waals surface area contributed by atoms with E-state index in [0.717, 1.165) is 43.4 Å². The molecule has 2 aliphatic rings. The summed E-state index contributed by atoms with van der Waals surface area (Å²) in [6.07, 6.45) is 8.14. The van der Waals surface area contributed by atoms with Gasteiger partial charge < -0.3 is 4.90 Å². The molecule has 24 heavy (non-hydrogen) atoms. The van der Waals surface area contributed by atoms with Crippen molar-refractivity contribution in [2.75, 3.05) is 6.54 Å². The van der Waals surface area contributed by atoms with E-state index in [-0.39, 0.29) is 17.9 Å². The molecule has 1 aromatic carbocycles. The Balaban J connectivity index is 1.53. The Labute approximate surface area is 141 Å². The second kappa shape index (κ2) is 6.23. The number of nitrogens with one attached hydrogen (secondary N) is 1. The number of nitrogens with zero attached hydrogens (tertiary/aromatic N) is 2. The average Bonchev–Trinajstić information content (AvgIpc) is 3.35. The first kappa shape index (κ1) is 15.1. The predicted octanol–water partition coefficient (Wildman–Crippen LogP) is 3.05. The lowest BCUT2D eigenvalue weighted by Crippen LogP contribution is -2.41. The van der Waals surface area contributed by atoms with E-state index in [0.29, 0.717) is 17.8 Å². The van der Waals surface area contributed by atoms with Gasteiger partial charge in [0.2, 0.25) is 0 Å². The fourth-order valence-corrected chi connectivity index (χ4v) is 4.09. The molecule has 1 aromatic heterocycles. The fourth-order valence-electron chi connectivity index (χ4n) is 4.09. The summed E-state index contributed by atoms with van der Waals surface area (Å²) in [6.45, 7) is 0.761. The van der Waals surface area contributed by atoms with Crippen LogP contribution in [-0.4, -0.2) is 39.4 Å². The van der Waals surface area contributed by atoms with Gasteiger partial charge in [-0.2, -0.15) is 5.10 Å². The summed E-state index contributed by atoms with van der Waals surface area (Å²) >= 11 is 0. The van der Waals surface area contributed by atoms with Crippen LogP contribution in [0.15, 0.2) is 36.7 Å². The molecule has 2 unspecified atom stereocenters. The number of carbonyl (C=O) groups excluding carboxylic acids is 2. The largest absolute Gasteiger partial charge is 0.335 e. The van der Waals surface area contributed by atoms with Crippen molar-refractivity contribution in [2.45, 2.75) is 38.1 Å². The molecule has 4 rings (SSSR count). The lowest BCUT2D eigenvalue weighted by Gasteiger charge is -2.28. The number of ketones is 1. The van der Waals surface area contributed by atoms with E-state index in [9.17, 15) is 9.59 Å². The Morgan fingerprint density at radius 1 is 1.12 bits per heavy atom. The van der Waals surface area contributed by atoms with E-state index in [2.05, 4.69) is 10.2 Å². The molecule has 1 saturated heterocycles. The zero-order chi connectivity index (χ0) is 16.5. The first-order valence-electron chi connectivity index (χ1n) is 8.67. The van der Waals surface area contributed by atoms with Crippen molar-refractivity contribution in [1.82, 2.24) is 15.1 Å². The number of hydrogen-bond acceptors (Lipinski definition) is 3. The van der Waals surface area contributed by atoms with Crippen molar-refractivity contribution in [3.63, 3.8) is 0 Å². The van der Waals surface area contributed by atoms with E-state index < -0.39 is 0 Å². The molecule has 0 spiro atoms. The topological polar surface area (TPSA) is 66.1 Å². The first-order valence-corrected chi connectivity index (χ1v) is 8.67. The minimum absolute atomic E-state index is 0.0518. The van der Waals surface area contributed by atoms with E-state index in [1.807, 2.05) is 35.4 Å². The maximum Gasteiger partial charge on any atom is 0.254 e. The molecule has 5 heteroatoms. The van der Waals surface area contributed by atoms with Crippen molar-refractivity contribution in [1.29, 1.82) is 0 Å². The van der Waals surface area contributed by atoms with Crippen LogP contribution in [0.3, 0.4) is 0 Å². The maximum atomic E-state index is 12.9. The smallest absolute Gasteiger partial charge is 0.254 e. The number of Topliss-reactive ketones (excluding diaryl/α,β-unsaturated/α-hetero) is 1. The zero-order valence-corrected chi connectivity index (χ0v) is 13.6. The van der Waals surface area contributed by atoms with E-state index >= 15 is 0 Å². The SMILES string of the molecule is O=C1CCCC1C1CCCN1C(=O)c1ccc(-c2cn[nH]c2)cc1. The van der Waals surface area contributed by atoms with Gasteiger partial charge in [-0.15, -0.1) is 0 Å². The van der Waals surface area contributed by atoms with Gasteiger partial charge in [0.1, 0.15) is 5.78 Å². The van der Waals surface area contributed by atoms with Crippen LogP contribution in [0.2, 0.25) is 0 Å². The Morgan fingerprint density at radius 3 is 2.62 bits per heavy atom. The summed E-state index contributed by atoms with van der Waals surface area (Å²) in [5, 5.41) is 6.74. The van der Waals surface area contributed by atoms with Crippen LogP contribution in [0.25, 0.3) is 11.1 Å². The summed E-state index contributed by atoms with van der Waals surface area (Å²) in [5.41, 5.74) is 2.73. The number of rotatable bonds is 3. The normalized spacial score (nSPS) is 23.8. The Morgan fingerprint density at radius 2 is 1.96 bits per heavy atom. The van der Waals surface area contributed by atoms with Crippen molar-refractivity contribution >= 4 is 11.7 Å². The van der Waals surface area contributed by atoms with Crippen molar-refractivity contribution in [3.8, 4) is 11.1 Å².